The van der Waals surface area contributed by atoms with E-state index < -0.39 is 0 Å². The summed E-state index contributed by atoms with van der Waals surface area (Å²) in [6.45, 7) is 4.97. The quantitative estimate of drug-likeness (QED) is 0.798. The summed E-state index contributed by atoms with van der Waals surface area (Å²) in [6, 6.07) is 6.62. The van der Waals surface area contributed by atoms with E-state index in [-0.39, 0.29) is 0 Å². The lowest BCUT2D eigenvalue weighted by molar-refractivity contribution is 0.459. The van der Waals surface area contributed by atoms with Crippen molar-refractivity contribution in [1.82, 2.24) is 5.32 Å². The predicted octanol–water partition coefficient (Wildman–Crippen LogP) is 2.98. The van der Waals surface area contributed by atoms with E-state index in [9.17, 15) is 5.11 Å². The van der Waals surface area contributed by atoms with Gasteiger partial charge in [-0.05, 0) is 31.2 Å². The molecule has 2 nitrogen and oxygen atoms in total. The minimum atomic E-state index is 0.447. The number of benzene rings is 1. The van der Waals surface area contributed by atoms with E-state index in [0.717, 1.165) is 23.6 Å². The molecule has 2 N–H and O–H groups in total. The summed E-state index contributed by atoms with van der Waals surface area (Å²) in [4.78, 5) is 0. The number of hydrogen-bond donors (Lipinski definition) is 2. The largest absolute Gasteiger partial charge is 0.507 e. The average molecular weight is 219 g/mol. The average Bonchev–Trinajstić information content (AvgIpc) is 3.00. The fourth-order valence-corrected chi connectivity index (χ4v) is 2.29. The minimum absolute atomic E-state index is 0.447. The first kappa shape index (κ1) is 11.5. The number of hydrogen-bond acceptors (Lipinski definition) is 2. The van der Waals surface area contributed by atoms with Crippen molar-refractivity contribution in [1.29, 1.82) is 0 Å². The number of rotatable bonds is 5. The molecular weight excluding hydrogens is 198 g/mol. The Balaban J connectivity index is 1.84. The van der Waals surface area contributed by atoms with Crippen LogP contribution in [0, 0.1) is 12.8 Å². The van der Waals surface area contributed by atoms with Gasteiger partial charge in [0, 0.05) is 18.2 Å². The Morgan fingerprint density at radius 3 is 3.00 bits per heavy atom. The van der Waals surface area contributed by atoms with Crippen molar-refractivity contribution < 1.29 is 5.11 Å². The first-order chi connectivity index (χ1) is 7.72. The lowest BCUT2D eigenvalue weighted by Crippen LogP contribution is -2.17. The van der Waals surface area contributed by atoms with Crippen molar-refractivity contribution in [3.63, 3.8) is 0 Å². The smallest absolute Gasteiger partial charge is 0.122 e. The summed E-state index contributed by atoms with van der Waals surface area (Å²) in [5.74, 6) is 1.32. The van der Waals surface area contributed by atoms with Gasteiger partial charge in [-0.1, -0.05) is 31.5 Å². The summed E-state index contributed by atoms with van der Waals surface area (Å²) in [5.41, 5.74) is 1.97. The van der Waals surface area contributed by atoms with Crippen LogP contribution in [0.5, 0.6) is 5.75 Å². The van der Waals surface area contributed by atoms with E-state index in [1.165, 1.54) is 19.3 Å². The van der Waals surface area contributed by atoms with Gasteiger partial charge in [0.05, 0.1) is 0 Å². The van der Waals surface area contributed by atoms with Crippen molar-refractivity contribution in [2.75, 3.05) is 0 Å². The first-order valence-corrected chi connectivity index (χ1v) is 6.23. The molecule has 1 aromatic rings. The summed E-state index contributed by atoms with van der Waals surface area (Å²) >= 11 is 0. The number of nitrogens with one attached hydrogen (secondary N) is 1. The Hall–Kier alpha value is -1.02. The number of para-hydroxylation sites is 1. The molecule has 0 aliphatic heterocycles. The maximum absolute atomic E-state index is 9.86. The number of phenolic OH excluding ortho intramolecular Hbond substituents is 1. The van der Waals surface area contributed by atoms with Gasteiger partial charge in [0.25, 0.3) is 0 Å². The third kappa shape index (κ3) is 2.56. The van der Waals surface area contributed by atoms with E-state index >= 15 is 0 Å². The van der Waals surface area contributed by atoms with Crippen LogP contribution in [0.25, 0.3) is 0 Å². The highest BCUT2D eigenvalue weighted by molar-refractivity contribution is 5.39. The zero-order chi connectivity index (χ0) is 11.5. The highest BCUT2D eigenvalue weighted by atomic mass is 16.3. The molecule has 0 aromatic heterocycles. The summed E-state index contributed by atoms with van der Waals surface area (Å²) < 4.78 is 0. The molecule has 1 aromatic carbocycles. The van der Waals surface area contributed by atoms with Gasteiger partial charge in [0.15, 0.2) is 0 Å². The van der Waals surface area contributed by atoms with Gasteiger partial charge >= 0.3 is 0 Å². The lowest BCUT2D eigenvalue weighted by Gasteiger charge is -2.08. The SMILES string of the molecule is CCCC1CC1NCc1cccc(C)c1O. The minimum Gasteiger partial charge on any atom is -0.507 e. The van der Waals surface area contributed by atoms with Gasteiger partial charge in [-0.15, -0.1) is 0 Å². The van der Waals surface area contributed by atoms with Crippen LogP contribution in [-0.4, -0.2) is 11.1 Å². The van der Waals surface area contributed by atoms with Crippen molar-refractivity contribution in [2.24, 2.45) is 5.92 Å². The van der Waals surface area contributed by atoms with E-state index in [0.29, 0.717) is 11.8 Å². The topological polar surface area (TPSA) is 32.3 Å². The van der Waals surface area contributed by atoms with Crippen LogP contribution in [0.4, 0.5) is 0 Å². The van der Waals surface area contributed by atoms with E-state index in [1.54, 1.807) is 0 Å². The maximum atomic E-state index is 9.86. The van der Waals surface area contributed by atoms with Crippen molar-refractivity contribution >= 4 is 0 Å². The van der Waals surface area contributed by atoms with Gasteiger partial charge in [0.1, 0.15) is 5.75 Å². The highest BCUT2D eigenvalue weighted by Crippen LogP contribution is 2.35. The van der Waals surface area contributed by atoms with Gasteiger partial charge in [-0.25, -0.2) is 0 Å². The molecular formula is C14H21NO. The molecule has 1 aliphatic carbocycles. The number of aromatic hydroxyl groups is 1. The molecule has 0 saturated heterocycles. The van der Waals surface area contributed by atoms with Crippen LogP contribution in [0.1, 0.15) is 37.3 Å². The predicted molar refractivity (Wildman–Crippen MR) is 66.5 cm³/mol. The fourth-order valence-electron chi connectivity index (χ4n) is 2.29. The zero-order valence-electron chi connectivity index (χ0n) is 10.2. The van der Waals surface area contributed by atoms with Crippen LogP contribution < -0.4 is 5.32 Å². The van der Waals surface area contributed by atoms with Crippen LogP contribution in [0.3, 0.4) is 0 Å². The summed E-state index contributed by atoms with van der Waals surface area (Å²) in [6.07, 6.45) is 3.91. The Labute approximate surface area is 97.7 Å². The lowest BCUT2D eigenvalue weighted by atomic mass is 10.1. The molecule has 0 bridgehead atoms. The van der Waals surface area contributed by atoms with Crippen molar-refractivity contribution in [2.45, 2.75) is 45.7 Å². The van der Waals surface area contributed by atoms with Crippen molar-refractivity contribution in [3.05, 3.63) is 29.3 Å². The molecule has 0 heterocycles. The second-order valence-corrected chi connectivity index (χ2v) is 4.85. The maximum Gasteiger partial charge on any atom is 0.122 e. The van der Waals surface area contributed by atoms with Crippen LogP contribution in [0.15, 0.2) is 18.2 Å². The van der Waals surface area contributed by atoms with Crippen LogP contribution in [0.2, 0.25) is 0 Å². The molecule has 88 valence electrons. The van der Waals surface area contributed by atoms with Crippen molar-refractivity contribution in [3.8, 4) is 5.75 Å². The number of aryl methyl sites for hydroxylation is 1. The normalized spacial score (nSPS) is 23.4. The molecule has 2 rings (SSSR count). The molecule has 0 amide bonds. The Kier molecular flexibility index (Phi) is 3.49. The zero-order valence-corrected chi connectivity index (χ0v) is 10.2. The highest BCUT2D eigenvalue weighted by Gasteiger charge is 2.35. The van der Waals surface area contributed by atoms with Gasteiger partial charge in [0.2, 0.25) is 0 Å². The second-order valence-electron chi connectivity index (χ2n) is 4.85. The molecule has 2 atom stereocenters. The van der Waals surface area contributed by atoms with Crippen LogP contribution in [-0.2, 0) is 6.54 Å². The monoisotopic (exact) mass is 219 g/mol. The Morgan fingerprint density at radius 2 is 2.25 bits per heavy atom. The molecule has 16 heavy (non-hydrogen) atoms. The third-order valence-electron chi connectivity index (χ3n) is 3.46. The first-order valence-electron chi connectivity index (χ1n) is 6.23. The molecule has 0 radical (unpaired) electrons. The molecule has 2 heteroatoms. The number of phenols is 1. The molecule has 1 saturated carbocycles. The fraction of sp³-hybridized carbons (Fsp3) is 0.571. The molecule has 1 fully saturated rings. The van der Waals surface area contributed by atoms with Gasteiger partial charge in [-0.3, -0.25) is 0 Å². The van der Waals surface area contributed by atoms with Gasteiger partial charge in [-0.2, -0.15) is 0 Å². The molecule has 1 aliphatic rings. The van der Waals surface area contributed by atoms with E-state index in [2.05, 4.69) is 12.2 Å². The standard InChI is InChI=1S/C14H21NO/c1-3-5-11-8-13(11)15-9-12-7-4-6-10(2)14(12)16/h4,6-7,11,13,15-16H,3,5,8-9H2,1-2H3. The molecule has 2 unspecified atom stereocenters. The molecule has 0 spiro atoms. The Bertz CT molecular complexity index is 362. The van der Waals surface area contributed by atoms with Crippen LogP contribution >= 0.6 is 0 Å². The van der Waals surface area contributed by atoms with E-state index in [1.807, 2.05) is 25.1 Å². The Morgan fingerprint density at radius 1 is 1.44 bits per heavy atom. The second kappa shape index (κ2) is 4.88. The third-order valence-corrected chi connectivity index (χ3v) is 3.46. The summed E-state index contributed by atoms with van der Waals surface area (Å²) in [5, 5.41) is 13.4. The summed E-state index contributed by atoms with van der Waals surface area (Å²) in [7, 11) is 0. The van der Waals surface area contributed by atoms with E-state index in [4.69, 9.17) is 0 Å². The van der Waals surface area contributed by atoms with Gasteiger partial charge < -0.3 is 10.4 Å².